The van der Waals surface area contributed by atoms with Crippen LogP contribution < -0.4 is 0 Å². The molecule has 2 aliphatic heterocycles. The van der Waals surface area contributed by atoms with E-state index in [9.17, 15) is 19.2 Å². The second kappa shape index (κ2) is 8.39. The van der Waals surface area contributed by atoms with Gasteiger partial charge in [-0.3, -0.25) is 19.2 Å². The predicted octanol–water partition coefficient (Wildman–Crippen LogP) is 4.84. The zero-order valence-electron chi connectivity index (χ0n) is 22.1. The number of hydrogen-bond acceptors (Lipinski definition) is 6. The number of carbonyl (C=O) groups excluding carboxylic acids is 4. The Hall–Kier alpha value is -2.76. The molecule has 6 nitrogen and oxygen atoms in total. The van der Waals surface area contributed by atoms with Gasteiger partial charge in [-0.15, -0.1) is 0 Å². The molecule has 2 saturated carbocycles. The van der Waals surface area contributed by atoms with E-state index in [1.165, 1.54) is 0 Å². The van der Waals surface area contributed by atoms with Crippen LogP contribution in [0.4, 0.5) is 0 Å². The third kappa shape index (κ3) is 3.59. The lowest BCUT2D eigenvalue weighted by molar-refractivity contribution is -0.144. The third-order valence-corrected chi connectivity index (χ3v) is 9.84. The second-order valence-corrected chi connectivity index (χ2v) is 12.0. The van der Waals surface area contributed by atoms with Crippen LogP contribution in [0.1, 0.15) is 67.2 Å². The first-order valence-corrected chi connectivity index (χ1v) is 13.2. The predicted molar refractivity (Wildman–Crippen MR) is 133 cm³/mol. The van der Waals surface area contributed by atoms with Crippen molar-refractivity contribution < 1.29 is 28.7 Å². The number of rotatable bonds is 0. The monoisotopic (exact) mass is 492 g/mol. The largest absolute Gasteiger partial charge is 0.457 e. The summed E-state index contributed by atoms with van der Waals surface area (Å²) in [5.74, 6) is 0.289. The van der Waals surface area contributed by atoms with Crippen molar-refractivity contribution >= 4 is 23.5 Å². The number of allylic oxidation sites excluding steroid dienone is 6. The molecule has 0 spiro atoms. The summed E-state index contributed by atoms with van der Waals surface area (Å²) in [5.41, 5.74) is 3.42. The molecule has 0 aromatic rings. The van der Waals surface area contributed by atoms with Crippen molar-refractivity contribution in [3.05, 3.63) is 46.6 Å². The van der Waals surface area contributed by atoms with Gasteiger partial charge >= 0.3 is 11.9 Å². The van der Waals surface area contributed by atoms with Gasteiger partial charge in [0, 0.05) is 33.8 Å². The molecule has 8 atom stereocenters. The van der Waals surface area contributed by atoms with Crippen LogP contribution in [0.25, 0.3) is 0 Å². The zero-order valence-corrected chi connectivity index (χ0v) is 22.1. The molecular formula is C30H36O6. The van der Waals surface area contributed by atoms with E-state index in [0.717, 1.165) is 48.0 Å². The molecule has 0 aromatic carbocycles. The van der Waals surface area contributed by atoms with Crippen molar-refractivity contribution in [2.75, 3.05) is 0 Å². The first-order valence-electron chi connectivity index (χ1n) is 13.2. The number of esters is 2. The Kier molecular flexibility index (Phi) is 5.81. The van der Waals surface area contributed by atoms with E-state index in [1.807, 2.05) is 39.8 Å². The highest BCUT2D eigenvalue weighted by molar-refractivity contribution is 6.06. The van der Waals surface area contributed by atoms with Crippen LogP contribution in [-0.2, 0) is 28.7 Å². The number of ketones is 2. The number of fused-ring (bicyclic) bond motifs is 6. The molecule has 36 heavy (non-hydrogen) atoms. The molecule has 0 aromatic heterocycles. The molecule has 6 heteroatoms. The Morgan fingerprint density at radius 2 is 1.06 bits per heavy atom. The lowest BCUT2D eigenvalue weighted by Crippen LogP contribution is -2.39. The fraction of sp³-hybridized carbons (Fsp3) is 0.600. The molecule has 0 amide bonds. The van der Waals surface area contributed by atoms with Crippen molar-refractivity contribution in [3.8, 4) is 0 Å². The molecule has 6 aliphatic rings. The summed E-state index contributed by atoms with van der Waals surface area (Å²) in [4.78, 5) is 47.2. The van der Waals surface area contributed by atoms with Gasteiger partial charge in [0.25, 0.3) is 0 Å². The lowest BCUT2D eigenvalue weighted by atomic mass is 9.62. The van der Waals surface area contributed by atoms with Crippen LogP contribution in [0.15, 0.2) is 46.6 Å². The molecule has 4 fully saturated rings. The number of hydrogen-bond donors (Lipinski definition) is 0. The maximum Gasteiger partial charge on any atom is 0.309 e. The summed E-state index contributed by atoms with van der Waals surface area (Å²) in [6.07, 6.45) is 10.9. The topological polar surface area (TPSA) is 86.7 Å². The van der Waals surface area contributed by atoms with Gasteiger partial charge in [0.2, 0.25) is 0 Å². The molecule has 2 heterocycles. The van der Waals surface area contributed by atoms with Crippen LogP contribution in [0, 0.1) is 34.5 Å². The van der Waals surface area contributed by atoms with Gasteiger partial charge in [0.15, 0.2) is 11.6 Å². The Balaban J connectivity index is 0.000000148. The first-order chi connectivity index (χ1) is 16.9. The number of carbonyl (C=O) groups is 4. The van der Waals surface area contributed by atoms with Crippen molar-refractivity contribution in [1.29, 1.82) is 0 Å². The maximum atomic E-state index is 11.9. The summed E-state index contributed by atoms with van der Waals surface area (Å²) in [7, 11) is 0. The van der Waals surface area contributed by atoms with Crippen LogP contribution >= 0.6 is 0 Å². The van der Waals surface area contributed by atoms with Gasteiger partial charge in [-0.25, -0.2) is 0 Å². The zero-order chi connectivity index (χ0) is 26.2. The molecule has 0 radical (unpaired) electrons. The van der Waals surface area contributed by atoms with Crippen molar-refractivity contribution in [2.45, 2.75) is 79.4 Å². The summed E-state index contributed by atoms with van der Waals surface area (Å²) in [6, 6.07) is 0. The fourth-order valence-corrected chi connectivity index (χ4v) is 7.38. The smallest absolute Gasteiger partial charge is 0.309 e. The Morgan fingerprint density at radius 3 is 1.42 bits per heavy atom. The van der Waals surface area contributed by atoms with Gasteiger partial charge in [-0.05, 0) is 62.8 Å². The van der Waals surface area contributed by atoms with E-state index < -0.39 is 0 Å². The molecule has 192 valence electrons. The average molecular weight is 493 g/mol. The molecule has 0 bridgehead atoms. The first kappa shape index (κ1) is 24.9. The normalized spacial score (nSPS) is 42.7. The van der Waals surface area contributed by atoms with E-state index in [-0.39, 0.29) is 70.2 Å². The summed E-state index contributed by atoms with van der Waals surface area (Å²) < 4.78 is 11.1. The van der Waals surface area contributed by atoms with Gasteiger partial charge in [0.05, 0.1) is 11.8 Å². The van der Waals surface area contributed by atoms with Gasteiger partial charge in [-0.2, -0.15) is 0 Å². The highest BCUT2D eigenvalue weighted by atomic mass is 16.6. The van der Waals surface area contributed by atoms with Crippen LogP contribution in [-0.4, -0.2) is 35.7 Å². The minimum Gasteiger partial charge on any atom is -0.457 e. The van der Waals surface area contributed by atoms with Crippen molar-refractivity contribution in [2.24, 2.45) is 34.5 Å². The van der Waals surface area contributed by atoms with Crippen molar-refractivity contribution in [3.63, 3.8) is 0 Å². The van der Waals surface area contributed by atoms with E-state index in [2.05, 4.69) is 13.8 Å². The molecule has 2 saturated heterocycles. The lowest BCUT2D eigenvalue weighted by Gasteiger charge is -2.42. The standard InChI is InChI=1S/2C15H18O3/c2*1-8-10-4-6-15(3)7-5-11(16)9(2)12(15)13(10)18-14(8)17/h2*5,7-8,10,13H,4,6H2,1-3H3/t2*8-,10-,13-,15-/m00/s1. The van der Waals surface area contributed by atoms with Gasteiger partial charge in [-0.1, -0.05) is 39.8 Å². The molecule has 4 aliphatic carbocycles. The molecule has 6 rings (SSSR count). The van der Waals surface area contributed by atoms with Gasteiger partial charge in [0.1, 0.15) is 12.2 Å². The minimum atomic E-state index is -0.180. The second-order valence-electron chi connectivity index (χ2n) is 12.0. The van der Waals surface area contributed by atoms with Crippen LogP contribution in [0.5, 0.6) is 0 Å². The van der Waals surface area contributed by atoms with Crippen molar-refractivity contribution in [1.82, 2.24) is 0 Å². The van der Waals surface area contributed by atoms with E-state index >= 15 is 0 Å². The van der Waals surface area contributed by atoms with E-state index in [4.69, 9.17) is 9.47 Å². The quantitative estimate of drug-likeness (QED) is 0.450. The van der Waals surface area contributed by atoms with Crippen LogP contribution in [0.2, 0.25) is 0 Å². The molecular weight excluding hydrogens is 456 g/mol. The molecule has 0 N–H and O–H groups in total. The average Bonchev–Trinajstić information content (AvgIpc) is 3.28. The highest BCUT2D eigenvalue weighted by Crippen LogP contribution is 2.54. The maximum absolute atomic E-state index is 11.9. The Bertz CT molecular complexity index is 1090. The highest BCUT2D eigenvalue weighted by Gasteiger charge is 2.54. The Morgan fingerprint density at radius 1 is 0.694 bits per heavy atom. The fourth-order valence-electron chi connectivity index (χ4n) is 7.38. The van der Waals surface area contributed by atoms with Gasteiger partial charge < -0.3 is 9.47 Å². The Labute approximate surface area is 212 Å². The summed E-state index contributed by atoms with van der Waals surface area (Å²) in [5, 5.41) is 0. The SMILES string of the molecule is CC1=C2[C@H]3OC(=O)[C@@H](C)[C@@H]3CC[C@@]2(C)C=CC1=O.CC1=C2[C@H]3OC(=O)[C@@H](C)[C@@H]3CC[C@@]2(C)C=CC1=O. The number of ether oxygens (including phenoxy) is 2. The van der Waals surface area contributed by atoms with E-state index in [1.54, 1.807) is 12.2 Å². The van der Waals surface area contributed by atoms with Crippen LogP contribution in [0.3, 0.4) is 0 Å². The summed E-state index contributed by atoms with van der Waals surface area (Å²) in [6.45, 7) is 11.9. The van der Waals surface area contributed by atoms with E-state index in [0.29, 0.717) is 0 Å². The third-order valence-electron chi connectivity index (χ3n) is 9.84. The summed E-state index contributed by atoms with van der Waals surface area (Å²) >= 11 is 0. The molecule has 0 unspecified atom stereocenters. The minimum absolute atomic E-state index is 0.0409.